The van der Waals surface area contributed by atoms with Crippen LogP contribution >= 0.6 is 0 Å². The minimum atomic E-state index is -3.73. The molecule has 9 heteroatoms. The maximum absolute atomic E-state index is 13.6. The lowest BCUT2D eigenvalue weighted by Gasteiger charge is -2.43. The van der Waals surface area contributed by atoms with E-state index < -0.39 is 21.9 Å². The number of carbonyl (C=O) groups excluding carboxylic acids is 1. The first-order valence-electron chi connectivity index (χ1n) is 12.5. The van der Waals surface area contributed by atoms with E-state index in [9.17, 15) is 17.6 Å². The van der Waals surface area contributed by atoms with E-state index in [-0.39, 0.29) is 34.5 Å². The Bertz CT molecular complexity index is 1410. The van der Waals surface area contributed by atoms with Crippen molar-refractivity contribution in [1.82, 2.24) is 14.1 Å². The molecule has 0 amide bonds. The van der Waals surface area contributed by atoms with Crippen LogP contribution in [0.1, 0.15) is 49.9 Å². The van der Waals surface area contributed by atoms with E-state index >= 15 is 0 Å². The smallest absolute Gasteiger partial charge is 0.313 e. The number of ether oxygens (including phenoxy) is 1. The van der Waals surface area contributed by atoms with Gasteiger partial charge in [0.1, 0.15) is 5.82 Å². The van der Waals surface area contributed by atoms with E-state index in [4.69, 9.17) is 4.74 Å². The standard InChI is InChI=1S/C28H32FN3O4S/c1-28(2,3)19-5-11-22(12-6-19)37(34,35)31-14-13-18-15-25-23(26(24(18)17-31)27(33)36-4)16-30-32(25)21-9-7-20(29)8-10-21/h5-12,16,18,24,26H,13-15,17H2,1-4H3/t18-,24?,26+/m0/s1. The predicted octanol–water partition coefficient (Wildman–Crippen LogP) is 4.45. The summed E-state index contributed by atoms with van der Waals surface area (Å²) in [6, 6.07) is 13.1. The predicted molar refractivity (Wildman–Crippen MR) is 137 cm³/mol. The summed E-state index contributed by atoms with van der Waals surface area (Å²) in [6.07, 6.45) is 2.93. The molecular weight excluding hydrogens is 493 g/mol. The van der Waals surface area contributed by atoms with E-state index in [0.29, 0.717) is 25.1 Å². The summed E-state index contributed by atoms with van der Waals surface area (Å²) in [5.74, 6) is -1.51. The molecule has 0 N–H and O–H groups in total. The molecular formula is C28H32FN3O4S. The molecule has 1 aliphatic heterocycles. The normalized spacial score (nSPS) is 22.2. The molecule has 1 aromatic heterocycles. The second kappa shape index (κ2) is 9.36. The quantitative estimate of drug-likeness (QED) is 0.470. The zero-order valence-electron chi connectivity index (χ0n) is 21.5. The van der Waals surface area contributed by atoms with Crippen molar-refractivity contribution in [3.05, 3.63) is 77.4 Å². The number of aromatic nitrogens is 2. The molecule has 2 heterocycles. The van der Waals surface area contributed by atoms with Crippen LogP contribution in [0.5, 0.6) is 0 Å². The van der Waals surface area contributed by atoms with Gasteiger partial charge in [-0.1, -0.05) is 32.9 Å². The second-order valence-corrected chi connectivity index (χ2v) is 12.9. The lowest BCUT2D eigenvalue weighted by molar-refractivity contribution is -0.145. The molecule has 1 unspecified atom stereocenters. The zero-order chi connectivity index (χ0) is 26.5. The first-order chi connectivity index (χ1) is 17.5. The van der Waals surface area contributed by atoms with Crippen LogP contribution in [-0.4, -0.2) is 48.7 Å². The van der Waals surface area contributed by atoms with Gasteiger partial charge in [0.2, 0.25) is 10.0 Å². The van der Waals surface area contributed by atoms with Crippen LogP contribution in [-0.2, 0) is 31.4 Å². The van der Waals surface area contributed by atoms with Crippen molar-refractivity contribution in [3.8, 4) is 5.69 Å². The molecule has 0 bridgehead atoms. The molecule has 5 rings (SSSR count). The Hall–Kier alpha value is -3.04. The molecule has 196 valence electrons. The number of hydrogen-bond donors (Lipinski definition) is 0. The van der Waals surface area contributed by atoms with Crippen molar-refractivity contribution in [2.45, 2.75) is 49.8 Å². The van der Waals surface area contributed by atoms with Crippen molar-refractivity contribution < 1.29 is 22.3 Å². The van der Waals surface area contributed by atoms with Crippen LogP contribution in [0.15, 0.2) is 59.6 Å². The summed E-state index contributed by atoms with van der Waals surface area (Å²) < 4.78 is 49.1. The fraction of sp³-hybridized carbons (Fsp3) is 0.429. The third-order valence-electron chi connectivity index (χ3n) is 7.77. The molecule has 2 aliphatic rings. The lowest BCUT2D eigenvalue weighted by Crippen LogP contribution is -2.49. The molecule has 37 heavy (non-hydrogen) atoms. The Kier molecular flexibility index (Phi) is 6.48. The van der Waals surface area contributed by atoms with E-state index in [1.807, 2.05) is 12.1 Å². The van der Waals surface area contributed by atoms with Crippen molar-refractivity contribution in [2.75, 3.05) is 20.2 Å². The number of nitrogens with zero attached hydrogens (tertiary/aromatic N) is 3. The van der Waals surface area contributed by atoms with Gasteiger partial charge in [0.25, 0.3) is 0 Å². The van der Waals surface area contributed by atoms with Crippen LogP contribution in [0.2, 0.25) is 0 Å². The van der Waals surface area contributed by atoms with E-state index in [1.165, 1.54) is 23.5 Å². The first kappa shape index (κ1) is 25.6. The molecule has 2 aromatic carbocycles. The van der Waals surface area contributed by atoms with Crippen LogP contribution in [0.4, 0.5) is 4.39 Å². The van der Waals surface area contributed by atoms with Crippen LogP contribution in [0.25, 0.3) is 5.69 Å². The van der Waals surface area contributed by atoms with Gasteiger partial charge in [-0.05, 0) is 72.1 Å². The Morgan fingerprint density at radius 1 is 1.08 bits per heavy atom. The number of rotatable bonds is 4. The number of sulfonamides is 1. The third-order valence-corrected chi connectivity index (χ3v) is 9.65. The summed E-state index contributed by atoms with van der Waals surface area (Å²) >= 11 is 0. The lowest BCUT2D eigenvalue weighted by atomic mass is 9.68. The Morgan fingerprint density at radius 3 is 2.38 bits per heavy atom. The largest absolute Gasteiger partial charge is 0.469 e. The van der Waals surface area contributed by atoms with Crippen molar-refractivity contribution in [1.29, 1.82) is 0 Å². The third kappa shape index (κ3) is 4.59. The number of esters is 1. The van der Waals surface area contributed by atoms with Gasteiger partial charge in [-0.15, -0.1) is 0 Å². The molecule has 3 atom stereocenters. The number of piperidine rings is 1. The Labute approximate surface area is 217 Å². The molecule has 7 nitrogen and oxygen atoms in total. The molecule has 1 fully saturated rings. The van der Waals surface area contributed by atoms with E-state index in [2.05, 4.69) is 25.9 Å². The van der Waals surface area contributed by atoms with Gasteiger partial charge < -0.3 is 4.74 Å². The average molecular weight is 526 g/mol. The molecule has 1 aliphatic carbocycles. The van der Waals surface area contributed by atoms with Gasteiger partial charge in [0, 0.05) is 24.3 Å². The van der Waals surface area contributed by atoms with Crippen molar-refractivity contribution in [3.63, 3.8) is 0 Å². The Balaban J connectivity index is 1.46. The topological polar surface area (TPSA) is 81.5 Å². The van der Waals surface area contributed by atoms with Gasteiger partial charge >= 0.3 is 5.97 Å². The van der Waals surface area contributed by atoms with Crippen LogP contribution in [0.3, 0.4) is 0 Å². The number of carbonyl (C=O) groups is 1. The summed E-state index contributed by atoms with van der Waals surface area (Å²) in [6.45, 7) is 6.87. The van der Waals surface area contributed by atoms with Gasteiger partial charge in [0.05, 0.1) is 29.8 Å². The first-order valence-corrected chi connectivity index (χ1v) is 14.0. The van der Waals surface area contributed by atoms with Gasteiger partial charge in [-0.3, -0.25) is 4.79 Å². The SMILES string of the molecule is COC(=O)[C@@H]1c2cnn(-c3ccc(F)cc3)c2C[C@@H]2CCN(S(=O)(=O)c3ccc(C(C)(C)C)cc3)CC21. The summed E-state index contributed by atoms with van der Waals surface area (Å²) in [5.41, 5.74) is 3.33. The second-order valence-electron chi connectivity index (χ2n) is 11.0. The Morgan fingerprint density at radius 2 is 1.76 bits per heavy atom. The fourth-order valence-corrected chi connectivity index (χ4v) is 7.18. The maximum Gasteiger partial charge on any atom is 0.313 e. The highest BCUT2D eigenvalue weighted by atomic mass is 32.2. The highest BCUT2D eigenvalue weighted by Gasteiger charge is 2.47. The molecule has 3 aromatic rings. The minimum absolute atomic E-state index is 0.0769. The summed E-state index contributed by atoms with van der Waals surface area (Å²) in [7, 11) is -2.37. The van der Waals surface area contributed by atoms with Gasteiger partial charge in [-0.2, -0.15) is 9.40 Å². The number of hydrogen-bond acceptors (Lipinski definition) is 5. The summed E-state index contributed by atoms with van der Waals surface area (Å²) in [5, 5.41) is 4.52. The number of fused-ring (bicyclic) bond motifs is 2. The molecule has 0 saturated carbocycles. The van der Waals surface area contributed by atoms with Crippen LogP contribution in [0, 0.1) is 17.7 Å². The van der Waals surface area contributed by atoms with E-state index in [0.717, 1.165) is 16.8 Å². The molecule has 0 spiro atoms. The highest BCUT2D eigenvalue weighted by molar-refractivity contribution is 7.89. The monoisotopic (exact) mass is 525 g/mol. The maximum atomic E-state index is 13.6. The van der Waals surface area contributed by atoms with Gasteiger partial charge in [0.15, 0.2) is 0 Å². The molecule has 1 saturated heterocycles. The fourth-order valence-electron chi connectivity index (χ4n) is 5.69. The number of benzene rings is 2. The summed E-state index contributed by atoms with van der Waals surface area (Å²) in [4.78, 5) is 13.3. The minimum Gasteiger partial charge on any atom is -0.469 e. The van der Waals surface area contributed by atoms with E-state index in [1.54, 1.807) is 35.1 Å². The molecule has 0 radical (unpaired) electrons. The average Bonchev–Trinajstić information content (AvgIpc) is 3.29. The van der Waals surface area contributed by atoms with Crippen molar-refractivity contribution in [2.24, 2.45) is 11.8 Å². The highest BCUT2D eigenvalue weighted by Crippen LogP contribution is 2.45. The zero-order valence-corrected chi connectivity index (χ0v) is 22.3. The van der Waals surface area contributed by atoms with Gasteiger partial charge in [-0.25, -0.2) is 17.5 Å². The van der Waals surface area contributed by atoms with Crippen LogP contribution < -0.4 is 0 Å². The van der Waals surface area contributed by atoms with Crippen molar-refractivity contribution >= 4 is 16.0 Å². The number of halogens is 1. The number of methoxy groups -OCH3 is 1.